The van der Waals surface area contributed by atoms with Crippen LogP contribution in [0, 0.1) is 5.92 Å². The molecule has 2 amide bonds. The van der Waals surface area contributed by atoms with E-state index in [0.717, 1.165) is 35.9 Å². The number of amides is 2. The third-order valence-corrected chi connectivity index (χ3v) is 7.23. The Morgan fingerprint density at radius 1 is 1.00 bits per heavy atom. The summed E-state index contributed by atoms with van der Waals surface area (Å²) in [5.74, 6) is 2.04. The standard InChI is InChI=1S/C27H24N6O3S/c28-24-22-23(18-9-11-20(12-10-18)36-19-5-2-1-3-6-19)31-33(25(22)30-16-29-24)14-4-13-32-26(34)21(37-27(32)35)15-17-7-8-17/h1-3,5-6,9-12,15-17H,4,7-8,13-14H2,(H2,28,29,30)/b21-15-. The molecule has 1 aliphatic heterocycles. The van der Waals surface area contributed by atoms with Crippen LogP contribution in [0.15, 0.2) is 71.9 Å². The van der Waals surface area contributed by atoms with Gasteiger partial charge in [-0.1, -0.05) is 24.3 Å². The normalized spacial score (nSPS) is 16.8. The van der Waals surface area contributed by atoms with E-state index in [1.807, 2.05) is 60.7 Å². The van der Waals surface area contributed by atoms with Gasteiger partial charge in [0.2, 0.25) is 0 Å². The molecule has 0 atom stereocenters. The van der Waals surface area contributed by atoms with E-state index < -0.39 is 0 Å². The molecule has 2 fully saturated rings. The fourth-order valence-electron chi connectivity index (χ4n) is 4.26. The molecule has 2 aromatic carbocycles. The lowest BCUT2D eigenvalue weighted by Gasteiger charge is -2.12. The van der Waals surface area contributed by atoms with Gasteiger partial charge in [0.15, 0.2) is 5.65 Å². The Bertz CT molecular complexity index is 1510. The van der Waals surface area contributed by atoms with E-state index in [2.05, 4.69) is 9.97 Å². The lowest BCUT2D eigenvalue weighted by Crippen LogP contribution is -2.30. The predicted molar refractivity (Wildman–Crippen MR) is 142 cm³/mol. The molecule has 2 aliphatic rings. The van der Waals surface area contributed by atoms with E-state index in [4.69, 9.17) is 15.6 Å². The zero-order valence-electron chi connectivity index (χ0n) is 19.9. The zero-order chi connectivity index (χ0) is 25.4. The summed E-state index contributed by atoms with van der Waals surface area (Å²) >= 11 is 1.03. The third kappa shape index (κ3) is 4.79. The van der Waals surface area contributed by atoms with Crippen molar-refractivity contribution >= 4 is 39.8 Å². The maximum atomic E-state index is 12.7. The van der Waals surface area contributed by atoms with E-state index in [0.29, 0.717) is 58.6 Å². The van der Waals surface area contributed by atoms with Crippen molar-refractivity contribution in [1.29, 1.82) is 0 Å². The lowest BCUT2D eigenvalue weighted by atomic mass is 10.1. The van der Waals surface area contributed by atoms with Crippen LogP contribution in [0.3, 0.4) is 0 Å². The summed E-state index contributed by atoms with van der Waals surface area (Å²) in [5, 5.41) is 5.24. The first kappa shape index (κ1) is 23.2. The number of nitrogens with zero attached hydrogens (tertiary/aromatic N) is 5. The van der Waals surface area contributed by atoms with Crippen molar-refractivity contribution in [2.75, 3.05) is 12.3 Å². The van der Waals surface area contributed by atoms with Gasteiger partial charge in [0.1, 0.15) is 29.3 Å². The minimum Gasteiger partial charge on any atom is -0.457 e. The average Bonchev–Trinajstić information content (AvgIpc) is 3.59. The number of ether oxygens (including phenoxy) is 1. The van der Waals surface area contributed by atoms with Crippen LogP contribution in [0.25, 0.3) is 22.3 Å². The predicted octanol–water partition coefficient (Wildman–Crippen LogP) is 5.25. The van der Waals surface area contributed by atoms with Crippen molar-refractivity contribution in [3.05, 3.63) is 71.9 Å². The minimum absolute atomic E-state index is 0.197. The van der Waals surface area contributed by atoms with Crippen molar-refractivity contribution in [3.63, 3.8) is 0 Å². The number of carbonyl (C=O) groups excluding carboxylic acids is 2. The highest BCUT2D eigenvalue weighted by molar-refractivity contribution is 8.18. The van der Waals surface area contributed by atoms with Crippen LogP contribution in [0.1, 0.15) is 19.3 Å². The van der Waals surface area contributed by atoms with Gasteiger partial charge < -0.3 is 10.5 Å². The number of aryl methyl sites for hydroxylation is 1. The van der Waals surface area contributed by atoms with Crippen LogP contribution in [0.4, 0.5) is 10.6 Å². The van der Waals surface area contributed by atoms with E-state index >= 15 is 0 Å². The molecule has 1 saturated carbocycles. The molecule has 0 bridgehead atoms. The number of rotatable bonds is 8. The summed E-state index contributed by atoms with van der Waals surface area (Å²) in [4.78, 5) is 35.5. The Kier molecular flexibility index (Phi) is 6.09. The van der Waals surface area contributed by atoms with Gasteiger partial charge >= 0.3 is 0 Å². The molecule has 37 heavy (non-hydrogen) atoms. The molecule has 4 aromatic rings. The number of para-hydroxylation sites is 1. The Labute approximate surface area is 217 Å². The number of hydrogen-bond donors (Lipinski definition) is 1. The number of fused-ring (bicyclic) bond motifs is 1. The smallest absolute Gasteiger partial charge is 0.293 e. The fraction of sp³-hybridized carbons (Fsp3) is 0.222. The second-order valence-electron chi connectivity index (χ2n) is 9.02. The summed E-state index contributed by atoms with van der Waals surface area (Å²) in [7, 11) is 0. The molecule has 0 radical (unpaired) electrons. The van der Waals surface area contributed by atoms with Gasteiger partial charge in [-0.25, -0.2) is 14.6 Å². The van der Waals surface area contributed by atoms with E-state index in [9.17, 15) is 9.59 Å². The van der Waals surface area contributed by atoms with Crippen LogP contribution < -0.4 is 10.5 Å². The second kappa shape index (κ2) is 9.70. The quantitative estimate of drug-likeness (QED) is 0.318. The number of allylic oxidation sites excluding steroid dienone is 1. The molecular formula is C27H24N6O3S. The molecule has 10 heteroatoms. The number of thioether (sulfide) groups is 1. The molecule has 6 rings (SSSR count). The van der Waals surface area contributed by atoms with Gasteiger partial charge in [-0.3, -0.25) is 14.5 Å². The number of benzene rings is 2. The maximum Gasteiger partial charge on any atom is 0.293 e. The third-order valence-electron chi connectivity index (χ3n) is 6.30. The summed E-state index contributed by atoms with van der Waals surface area (Å²) in [6.45, 7) is 0.779. The summed E-state index contributed by atoms with van der Waals surface area (Å²) in [6.07, 6.45) is 6.07. The highest BCUT2D eigenvalue weighted by atomic mass is 32.2. The number of nitrogen functional groups attached to an aromatic ring is 1. The van der Waals surface area contributed by atoms with Crippen LogP contribution >= 0.6 is 11.8 Å². The van der Waals surface area contributed by atoms with Gasteiger partial charge in [0.05, 0.1) is 10.3 Å². The zero-order valence-corrected chi connectivity index (χ0v) is 20.7. The number of anilines is 1. The first-order chi connectivity index (χ1) is 18.1. The molecule has 186 valence electrons. The molecule has 2 N–H and O–H groups in total. The molecular weight excluding hydrogens is 488 g/mol. The Morgan fingerprint density at radius 3 is 2.51 bits per heavy atom. The monoisotopic (exact) mass is 512 g/mol. The van der Waals surface area contributed by atoms with Crippen molar-refractivity contribution in [1.82, 2.24) is 24.6 Å². The molecule has 1 aliphatic carbocycles. The molecule has 1 saturated heterocycles. The fourth-order valence-corrected chi connectivity index (χ4v) is 5.19. The molecule has 2 aromatic heterocycles. The van der Waals surface area contributed by atoms with Crippen LogP contribution in [0.2, 0.25) is 0 Å². The van der Waals surface area contributed by atoms with Crippen molar-refractivity contribution in [2.45, 2.75) is 25.8 Å². The van der Waals surface area contributed by atoms with Crippen molar-refractivity contribution in [3.8, 4) is 22.8 Å². The number of carbonyl (C=O) groups is 2. The van der Waals surface area contributed by atoms with Crippen LogP contribution in [-0.2, 0) is 11.3 Å². The number of imide groups is 1. The maximum absolute atomic E-state index is 12.7. The van der Waals surface area contributed by atoms with Crippen LogP contribution in [-0.4, -0.2) is 42.3 Å². The highest BCUT2D eigenvalue weighted by Crippen LogP contribution is 2.38. The highest BCUT2D eigenvalue weighted by Gasteiger charge is 2.36. The summed E-state index contributed by atoms with van der Waals surface area (Å²) in [6, 6.07) is 17.2. The van der Waals surface area contributed by atoms with Gasteiger partial charge in [0, 0.05) is 18.7 Å². The molecule has 0 spiro atoms. The number of hydrogen-bond acceptors (Lipinski definition) is 8. The average molecular weight is 513 g/mol. The van der Waals surface area contributed by atoms with Gasteiger partial charge in [-0.05, 0) is 73.3 Å². The first-order valence-electron chi connectivity index (χ1n) is 12.1. The largest absolute Gasteiger partial charge is 0.457 e. The van der Waals surface area contributed by atoms with E-state index in [-0.39, 0.29) is 11.1 Å². The molecule has 9 nitrogen and oxygen atoms in total. The van der Waals surface area contributed by atoms with Crippen LogP contribution in [0.5, 0.6) is 11.5 Å². The minimum atomic E-state index is -0.215. The summed E-state index contributed by atoms with van der Waals surface area (Å²) < 4.78 is 7.66. The van der Waals surface area contributed by atoms with E-state index in [1.165, 1.54) is 11.2 Å². The molecule has 3 heterocycles. The second-order valence-corrected chi connectivity index (χ2v) is 10.0. The Balaban J connectivity index is 1.20. The Hall–Kier alpha value is -4.18. The molecule has 0 unspecified atom stereocenters. The van der Waals surface area contributed by atoms with Crippen molar-refractivity contribution in [2.24, 2.45) is 5.92 Å². The number of aromatic nitrogens is 4. The topological polar surface area (TPSA) is 116 Å². The first-order valence-corrected chi connectivity index (χ1v) is 12.9. The SMILES string of the molecule is Nc1ncnc2c1c(-c1ccc(Oc3ccccc3)cc1)nn2CCCN1C(=O)S/C(=C\C2CC2)C1=O. The van der Waals surface area contributed by atoms with E-state index in [1.54, 1.807) is 4.68 Å². The van der Waals surface area contributed by atoms with Crippen molar-refractivity contribution < 1.29 is 14.3 Å². The van der Waals surface area contributed by atoms with Gasteiger partial charge in [-0.2, -0.15) is 5.10 Å². The lowest BCUT2D eigenvalue weighted by molar-refractivity contribution is -0.122. The van der Waals surface area contributed by atoms with Gasteiger partial charge in [-0.15, -0.1) is 0 Å². The van der Waals surface area contributed by atoms with Gasteiger partial charge in [0.25, 0.3) is 11.1 Å². The Morgan fingerprint density at radius 2 is 1.76 bits per heavy atom. The summed E-state index contributed by atoms with van der Waals surface area (Å²) in [5.41, 5.74) is 8.35. The number of nitrogens with two attached hydrogens (primary N) is 1.